The van der Waals surface area contributed by atoms with Crippen molar-refractivity contribution in [1.29, 1.82) is 0 Å². The van der Waals surface area contributed by atoms with Gasteiger partial charge in [-0.05, 0) is 11.6 Å². The molecule has 0 fully saturated rings. The van der Waals surface area contributed by atoms with Crippen molar-refractivity contribution >= 4 is 30.0 Å². The minimum atomic E-state index is -0.807. The maximum atomic E-state index is 11.1. The monoisotopic (exact) mass is 235 g/mol. The molecule has 78 valence electrons. The van der Waals surface area contributed by atoms with Crippen LogP contribution in [0.25, 0.3) is 0 Å². The van der Waals surface area contributed by atoms with E-state index in [1.165, 1.54) is 7.11 Å². The van der Waals surface area contributed by atoms with Crippen molar-refractivity contribution < 1.29 is 9.53 Å². The van der Waals surface area contributed by atoms with Crippen LogP contribution in [0.5, 0.6) is 0 Å². The van der Waals surface area contributed by atoms with Gasteiger partial charge in [0.05, 0.1) is 7.11 Å². The van der Waals surface area contributed by atoms with Crippen molar-refractivity contribution in [3.63, 3.8) is 0 Å². The third-order valence-electron chi connectivity index (χ3n) is 1.70. The molecule has 0 aliphatic carbocycles. The van der Waals surface area contributed by atoms with Crippen LogP contribution in [0, 0.1) is 0 Å². The van der Waals surface area contributed by atoms with Crippen molar-refractivity contribution in [2.45, 2.75) is 6.04 Å². The molecule has 3 nitrogen and oxygen atoms in total. The second-order valence-electron chi connectivity index (χ2n) is 2.52. The zero-order valence-corrected chi connectivity index (χ0v) is 9.14. The first-order chi connectivity index (χ1) is 6.16. The number of nitrogens with two attached hydrogens (primary N) is 1. The first-order valence-corrected chi connectivity index (χ1v) is 4.12. The molecule has 1 aromatic rings. The van der Waals surface area contributed by atoms with Crippen LogP contribution < -0.4 is 5.73 Å². The molecule has 1 rings (SSSR count). The summed E-state index contributed by atoms with van der Waals surface area (Å²) in [6, 6.07) is 6.11. The van der Waals surface area contributed by atoms with Gasteiger partial charge in [-0.2, -0.15) is 0 Å². The molecule has 0 saturated carbocycles. The first-order valence-electron chi connectivity index (χ1n) is 3.74. The highest BCUT2D eigenvalue weighted by molar-refractivity contribution is 6.31. The highest BCUT2D eigenvalue weighted by Gasteiger charge is 2.17. The summed E-state index contributed by atoms with van der Waals surface area (Å²) >= 11 is 5.83. The van der Waals surface area contributed by atoms with Crippen molar-refractivity contribution in [1.82, 2.24) is 0 Å². The number of methoxy groups -OCH3 is 1. The molecular formula is C9H11Cl2NO2. The van der Waals surface area contributed by atoms with Gasteiger partial charge in [0.15, 0.2) is 0 Å². The number of halogens is 2. The van der Waals surface area contributed by atoms with Crippen molar-refractivity contribution in [2.75, 3.05) is 7.11 Å². The first kappa shape index (κ1) is 13.2. The Balaban J connectivity index is 0.00000169. The maximum absolute atomic E-state index is 11.1. The standard InChI is InChI=1S/C9H10ClNO2.ClH/c1-13-9(12)8(11)6-4-2-3-5-7(6)10;/h2-5,8H,11H2,1H3;1H/t8-;/m0./s1. The Morgan fingerprint density at radius 2 is 2.07 bits per heavy atom. The predicted octanol–water partition coefficient (Wildman–Crippen LogP) is 1.93. The Kier molecular flexibility index (Phi) is 5.53. The summed E-state index contributed by atoms with van der Waals surface area (Å²) in [7, 11) is 1.29. The Bertz CT molecular complexity index is 317. The van der Waals surface area contributed by atoms with E-state index >= 15 is 0 Å². The van der Waals surface area contributed by atoms with Gasteiger partial charge in [-0.1, -0.05) is 29.8 Å². The van der Waals surface area contributed by atoms with Crippen LogP contribution in [0.4, 0.5) is 0 Å². The van der Waals surface area contributed by atoms with Crippen LogP contribution >= 0.6 is 24.0 Å². The Morgan fingerprint density at radius 3 is 2.57 bits per heavy atom. The zero-order chi connectivity index (χ0) is 9.84. The lowest BCUT2D eigenvalue weighted by Crippen LogP contribution is -2.22. The van der Waals surface area contributed by atoms with Crippen molar-refractivity contribution in [3.05, 3.63) is 34.9 Å². The van der Waals surface area contributed by atoms with Crippen LogP contribution in [0.3, 0.4) is 0 Å². The molecule has 14 heavy (non-hydrogen) atoms. The molecule has 0 spiro atoms. The molecule has 1 atom stereocenters. The number of esters is 1. The van der Waals surface area contributed by atoms with Gasteiger partial charge in [0, 0.05) is 5.02 Å². The van der Waals surface area contributed by atoms with E-state index < -0.39 is 12.0 Å². The summed E-state index contributed by atoms with van der Waals surface area (Å²) < 4.78 is 4.50. The smallest absolute Gasteiger partial charge is 0.327 e. The van der Waals surface area contributed by atoms with Gasteiger partial charge >= 0.3 is 5.97 Å². The Hall–Kier alpha value is -0.770. The topological polar surface area (TPSA) is 52.3 Å². The third-order valence-corrected chi connectivity index (χ3v) is 2.04. The van der Waals surface area contributed by atoms with E-state index in [4.69, 9.17) is 17.3 Å². The minimum absolute atomic E-state index is 0. The fraction of sp³-hybridized carbons (Fsp3) is 0.222. The SMILES string of the molecule is COC(=O)[C@@H](N)c1ccccc1Cl.Cl. The van der Waals surface area contributed by atoms with Gasteiger partial charge in [0.2, 0.25) is 0 Å². The van der Waals surface area contributed by atoms with Crippen LogP contribution in [-0.2, 0) is 9.53 Å². The predicted molar refractivity (Wildman–Crippen MR) is 57.6 cm³/mol. The average molecular weight is 236 g/mol. The molecule has 0 bridgehead atoms. The number of carbonyl (C=O) groups is 1. The van der Waals surface area contributed by atoms with Gasteiger partial charge in [-0.25, -0.2) is 0 Å². The third kappa shape index (κ3) is 2.87. The average Bonchev–Trinajstić information content (AvgIpc) is 2.16. The normalized spacial score (nSPS) is 11.4. The summed E-state index contributed by atoms with van der Waals surface area (Å²) in [5.74, 6) is -0.492. The number of ether oxygens (including phenoxy) is 1. The largest absolute Gasteiger partial charge is 0.468 e. The molecule has 0 aliphatic rings. The lowest BCUT2D eigenvalue weighted by Gasteiger charge is -2.10. The quantitative estimate of drug-likeness (QED) is 0.798. The highest BCUT2D eigenvalue weighted by atomic mass is 35.5. The second kappa shape index (κ2) is 5.86. The molecule has 1 aromatic carbocycles. The van der Waals surface area contributed by atoms with Crippen molar-refractivity contribution in [3.8, 4) is 0 Å². The number of hydrogen-bond donors (Lipinski definition) is 1. The van der Waals surface area contributed by atoms with Crippen LogP contribution in [0.15, 0.2) is 24.3 Å². The fourth-order valence-corrected chi connectivity index (χ4v) is 1.23. The molecule has 0 saturated heterocycles. The van der Waals surface area contributed by atoms with Gasteiger partial charge in [0.25, 0.3) is 0 Å². The number of benzene rings is 1. The fourth-order valence-electron chi connectivity index (χ4n) is 0.981. The molecule has 0 unspecified atom stereocenters. The van der Waals surface area contributed by atoms with E-state index in [0.717, 1.165) is 0 Å². The molecule has 5 heteroatoms. The van der Waals surface area contributed by atoms with Gasteiger partial charge in [0.1, 0.15) is 6.04 Å². The number of hydrogen-bond acceptors (Lipinski definition) is 3. The molecule has 0 aromatic heterocycles. The summed E-state index contributed by atoms with van der Waals surface area (Å²) in [6.07, 6.45) is 0. The summed E-state index contributed by atoms with van der Waals surface area (Å²) in [4.78, 5) is 11.1. The highest BCUT2D eigenvalue weighted by Crippen LogP contribution is 2.21. The maximum Gasteiger partial charge on any atom is 0.327 e. The van der Waals surface area contributed by atoms with Gasteiger partial charge < -0.3 is 10.5 Å². The van der Waals surface area contributed by atoms with Crippen LogP contribution in [0.2, 0.25) is 5.02 Å². The molecule has 0 aliphatic heterocycles. The second-order valence-corrected chi connectivity index (χ2v) is 2.93. The lowest BCUT2D eigenvalue weighted by molar-refractivity contribution is -0.142. The van der Waals surface area contributed by atoms with E-state index in [1.807, 2.05) is 0 Å². The Labute approximate surface area is 93.6 Å². The summed E-state index contributed by atoms with van der Waals surface area (Å²) in [5.41, 5.74) is 6.17. The molecule has 0 heterocycles. The minimum Gasteiger partial charge on any atom is -0.468 e. The number of rotatable bonds is 2. The molecule has 0 radical (unpaired) electrons. The Morgan fingerprint density at radius 1 is 1.50 bits per heavy atom. The van der Waals surface area contributed by atoms with E-state index in [-0.39, 0.29) is 12.4 Å². The van der Waals surface area contributed by atoms with Gasteiger partial charge in [-0.15, -0.1) is 12.4 Å². The molecule has 2 N–H and O–H groups in total. The van der Waals surface area contributed by atoms with Crippen LogP contribution in [-0.4, -0.2) is 13.1 Å². The van der Waals surface area contributed by atoms with Crippen LogP contribution in [0.1, 0.15) is 11.6 Å². The van der Waals surface area contributed by atoms with Crippen molar-refractivity contribution in [2.24, 2.45) is 5.73 Å². The lowest BCUT2D eigenvalue weighted by atomic mass is 10.1. The summed E-state index contributed by atoms with van der Waals surface area (Å²) in [5, 5.41) is 0.473. The summed E-state index contributed by atoms with van der Waals surface area (Å²) in [6.45, 7) is 0. The molecule has 0 amide bonds. The van der Waals surface area contributed by atoms with E-state index in [9.17, 15) is 4.79 Å². The molecular weight excluding hydrogens is 225 g/mol. The zero-order valence-electron chi connectivity index (χ0n) is 7.57. The van der Waals surface area contributed by atoms with E-state index in [2.05, 4.69) is 4.74 Å². The van der Waals surface area contributed by atoms with Gasteiger partial charge in [-0.3, -0.25) is 4.79 Å². The van der Waals surface area contributed by atoms with E-state index in [0.29, 0.717) is 10.6 Å². The number of carbonyl (C=O) groups excluding carboxylic acids is 1. The van der Waals surface area contributed by atoms with E-state index in [1.54, 1.807) is 24.3 Å².